The van der Waals surface area contributed by atoms with Crippen molar-refractivity contribution >= 4 is 0 Å². The molecule has 0 unspecified atom stereocenters. The smallest absolute Gasteiger partial charge is 0.337 e. The SMILES string of the molecule is C#CCn1c(-c2ccccc2)c(-c2ccccc2)[n+](C)c1C#Cc1ccccc1.[OH-].[Ti]. The molecule has 4 rings (SSSR count). The maximum absolute atomic E-state index is 5.75. The minimum atomic E-state index is 0. The minimum Gasteiger partial charge on any atom is -0.870 e. The first-order valence-electron chi connectivity index (χ1n) is 9.53. The summed E-state index contributed by atoms with van der Waals surface area (Å²) in [6.45, 7) is 0.448. The maximum Gasteiger partial charge on any atom is 0.337 e. The summed E-state index contributed by atoms with van der Waals surface area (Å²) >= 11 is 0. The maximum atomic E-state index is 5.75. The van der Waals surface area contributed by atoms with Crippen molar-refractivity contribution in [3.8, 4) is 46.7 Å². The monoisotopic (exact) mass is 438 g/mol. The number of imidazole rings is 1. The Bertz CT molecular complexity index is 1230. The van der Waals surface area contributed by atoms with Crippen molar-refractivity contribution in [3.05, 3.63) is 102 Å². The van der Waals surface area contributed by atoms with Crippen LogP contribution in [0.25, 0.3) is 22.5 Å². The van der Waals surface area contributed by atoms with Crippen LogP contribution in [0.1, 0.15) is 11.4 Å². The molecule has 3 aromatic carbocycles. The van der Waals surface area contributed by atoms with E-state index >= 15 is 0 Å². The molecule has 4 aromatic rings. The summed E-state index contributed by atoms with van der Waals surface area (Å²) < 4.78 is 4.28. The first-order chi connectivity index (χ1) is 14.3. The Morgan fingerprint density at radius 3 is 1.84 bits per heavy atom. The summed E-state index contributed by atoms with van der Waals surface area (Å²) in [7, 11) is 2.05. The molecule has 0 fully saturated rings. The molecule has 0 aliphatic carbocycles. The molecule has 0 aliphatic heterocycles. The first-order valence-corrected chi connectivity index (χ1v) is 9.53. The number of hydrogen-bond acceptors (Lipinski definition) is 1. The van der Waals surface area contributed by atoms with Gasteiger partial charge in [0.05, 0.1) is 7.05 Å². The van der Waals surface area contributed by atoms with E-state index in [0.29, 0.717) is 6.54 Å². The minimum absolute atomic E-state index is 0. The largest absolute Gasteiger partial charge is 0.870 e. The fourth-order valence-corrected chi connectivity index (χ4v) is 3.54. The molecule has 1 N–H and O–H groups in total. The second-order valence-corrected chi connectivity index (χ2v) is 6.72. The summed E-state index contributed by atoms with van der Waals surface area (Å²) in [6, 6.07) is 30.7. The Kier molecular flexibility index (Phi) is 8.62. The van der Waals surface area contributed by atoms with E-state index in [1.807, 2.05) is 54.6 Å². The van der Waals surface area contributed by atoms with E-state index in [4.69, 9.17) is 6.42 Å². The number of nitrogens with zero attached hydrogens (tertiary/aromatic N) is 2. The van der Waals surface area contributed by atoms with Crippen LogP contribution in [0.2, 0.25) is 0 Å². The van der Waals surface area contributed by atoms with Gasteiger partial charge in [0.25, 0.3) is 0 Å². The number of hydrogen-bond donors (Lipinski definition) is 0. The van der Waals surface area contributed by atoms with Crippen LogP contribution in [-0.2, 0) is 35.3 Å². The molecule has 0 atom stereocenters. The molecule has 31 heavy (non-hydrogen) atoms. The van der Waals surface area contributed by atoms with Gasteiger partial charge in [-0.3, -0.25) is 0 Å². The Morgan fingerprint density at radius 2 is 1.29 bits per heavy atom. The molecular weight excluding hydrogens is 416 g/mol. The summed E-state index contributed by atoms with van der Waals surface area (Å²) in [5.74, 6) is 10.3. The molecule has 0 radical (unpaired) electrons. The topological polar surface area (TPSA) is 38.8 Å². The van der Waals surface area contributed by atoms with Crippen molar-refractivity contribution in [2.75, 3.05) is 0 Å². The van der Waals surface area contributed by atoms with E-state index in [2.05, 4.69) is 70.3 Å². The third-order valence-electron chi connectivity index (χ3n) is 4.84. The van der Waals surface area contributed by atoms with E-state index < -0.39 is 0 Å². The summed E-state index contributed by atoms with van der Waals surface area (Å²) in [5, 5.41) is 0. The van der Waals surface area contributed by atoms with Gasteiger partial charge in [0.1, 0.15) is 0 Å². The van der Waals surface area contributed by atoms with Gasteiger partial charge in [-0.1, -0.05) is 90.7 Å². The number of benzene rings is 3. The van der Waals surface area contributed by atoms with Gasteiger partial charge in [-0.25, -0.2) is 9.13 Å². The number of rotatable bonds is 3. The van der Waals surface area contributed by atoms with Crippen molar-refractivity contribution in [3.63, 3.8) is 0 Å². The van der Waals surface area contributed by atoms with Gasteiger partial charge in [0.15, 0.2) is 17.9 Å². The molecule has 0 bridgehead atoms. The van der Waals surface area contributed by atoms with Crippen LogP contribution in [0.5, 0.6) is 0 Å². The third kappa shape index (κ3) is 5.05. The van der Waals surface area contributed by atoms with E-state index in [-0.39, 0.29) is 27.2 Å². The average molecular weight is 438 g/mol. The zero-order valence-corrected chi connectivity index (χ0v) is 18.8. The van der Waals surface area contributed by atoms with E-state index in [0.717, 1.165) is 33.9 Å². The van der Waals surface area contributed by atoms with Gasteiger partial charge in [-0.05, 0) is 12.1 Å². The molecule has 150 valence electrons. The predicted octanol–water partition coefficient (Wildman–Crippen LogP) is 4.50. The fourth-order valence-electron chi connectivity index (χ4n) is 3.54. The molecule has 3 nitrogen and oxygen atoms in total. The van der Waals surface area contributed by atoms with Crippen molar-refractivity contribution < 1.29 is 31.8 Å². The number of terminal acetylenes is 1. The Labute approximate surface area is 198 Å². The molecule has 4 heteroatoms. The molecule has 1 heterocycles. The van der Waals surface area contributed by atoms with Gasteiger partial charge in [0, 0.05) is 44.3 Å². The van der Waals surface area contributed by atoms with E-state index in [9.17, 15) is 0 Å². The zero-order chi connectivity index (χ0) is 20.1. The molecule has 0 saturated carbocycles. The third-order valence-corrected chi connectivity index (χ3v) is 4.84. The molecule has 0 amide bonds. The Balaban J connectivity index is 0.00000171. The predicted molar refractivity (Wildman–Crippen MR) is 120 cm³/mol. The van der Waals surface area contributed by atoms with E-state index in [1.165, 1.54) is 0 Å². The van der Waals surface area contributed by atoms with Crippen LogP contribution in [-0.4, -0.2) is 10.0 Å². The van der Waals surface area contributed by atoms with Crippen LogP contribution < -0.4 is 4.57 Å². The molecular formula is C27H22N2OTi. The molecule has 0 aliphatic rings. The second kappa shape index (κ2) is 11.2. The quantitative estimate of drug-likeness (QED) is 0.264. The number of aromatic nitrogens is 2. The normalized spacial score (nSPS) is 9.42. The summed E-state index contributed by atoms with van der Waals surface area (Å²) in [5.41, 5.74) is 5.40. The van der Waals surface area contributed by atoms with E-state index in [1.54, 1.807) is 0 Å². The van der Waals surface area contributed by atoms with Crippen LogP contribution in [0.3, 0.4) is 0 Å². The van der Waals surface area contributed by atoms with Crippen LogP contribution in [0.4, 0.5) is 0 Å². The van der Waals surface area contributed by atoms with Crippen molar-refractivity contribution in [2.24, 2.45) is 7.05 Å². The first kappa shape index (κ1) is 23.9. The average Bonchev–Trinajstić information content (AvgIpc) is 3.06. The van der Waals surface area contributed by atoms with Gasteiger partial charge in [0.2, 0.25) is 0 Å². The molecule has 0 spiro atoms. The van der Waals surface area contributed by atoms with Crippen molar-refractivity contribution in [1.82, 2.24) is 4.57 Å². The Hall–Kier alpha value is -3.34. The van der Waals surface area contributed by atoms with Gasteiger partial charge in [-0.15, -0.1) is 6.42 Å². The van der Waals surface area contributed by atoms with Crippen LogP contribution >= 0.6 is 0 Å². The van der Waals surface area contributed by atoms with Gasteiger partial charge < -0.3 is 5.48 Å². The summed E-state index contributed by atoms with van der Waals surface area (Å²) in [4.78, 5) is 0. The van der Waals surface area contributed by atoms with Crippen molar-refractivity contribution in [1.29, 1.82) is 0 Å². The van der Waals surface area contributed by atoms with Crippen molar-refractivity contribution in [2.45, 2.75) is 6.54 Å². The van der Waals surface area contributed by atoms with Gasteiger partial charge in [-0.2, -0.15) is 0 Å². The molecule has 1 aromatic heterocycles. The molecule has 0 saturated heterocycles. The second-order valence-electron chi connectivity index (χ2n) is 6.72. The van der Waals surface area contributed by atoms with Crippen LogP contribution in [0, 0.1) is 24.2 Å². The Morgan fingerprint density at radius 1 is 0.774 bits per heavy atom. The van der Waals surface area contributed by atoms with Gasteiger partial charge >= 0.3 is 5.82 Å². The standard InChI is InChI=1S/C27H21N2.H2O.Ti/c1-3-21-29-25(20-19-22-13-7-4-8-14-22)28(2)26(23-15-9-5-10-16-23)27(29)24-17-11-6-12-18-24;;/h1,4-18H,21H2,2H3;1H2;/q+1;;/p-1. The summed E-state index contributed by atoms with van der Waals surface area (Å²) in [6.07, 6.45) is 5.75. The fraction of sp³-hybridized carbons (Fsp3) is 0.0741. The zero-order valence-electron chi connectivity index (χ0n) is 17.3. The van der Waals surface area contributed by atoms with Crippen LogP contribution in [0.15, 0.2) is 91.0 Å².